The number of rotatable bonds is 4. The van der Waals surface area contributed by atoms with E-state index < -0.39 is 0 Å². The molecule has 0 N–H and O–H groups in total. The highest BCUT2D eigenvalue weighted by molar-refractivity contribution is 4.93. The van der Waals surface area contributed by atoms with Gasteiger partial charge in [-0.15, -0.1) is 0 Å². The van der Waals surface area contributed by atoms with Crippen LogP contribution in [-0.2, 0) is 0 Å². The summed E-state index contributed by atoms with van der Waals surface area (Å²) in [4.78, 5) is 2.26. The van der Waals surface area contributed by atoms with Gasteiger partial charge in [-0.1, -0.05) is 20.8 Å². The van der Waals surface area contributed by atoms with E-state index >= 15 is 0 Å². The van der Waals surface area contributed by atoms with Gasteiger partial charge in [-0.05, 0) is 6.42 Å². The maximum absolute atomic E-state index is 2.36. The first kappa shape index (κ1) is 10.4. The number of nitrogens with zero attached hydrogens (tertiary/aromatic N) is 3. The largest absolute Gasteiger partial charge is 0.358 e. The smallest absolute Gasteiger partial charge is 0.115 e. The molecular formula is C10H21N3. The zero-order chi connectivity index (χ0) is 9.84. The molecule has 0 aromatic carbocycles. The lowest BCUT2D eigenvalue weighted by molar-refractivity contribution is -0.0330. The van der Waals surface area contributed by atoms with Gasteiger partial charge < -0.3 is 4.90 Å². The van der Waals surface area contributed by atoms with E-state index in [0.29, 0.717) is 6.17 Å². The van der Waals surface area contributed by atoms with Crippen molar-refractivity contribution in [2.24, 2.45) is 0 Å². The molecule has 0 spiro atoms. The maximum Gasteiger partial charge on any atom is 0.115 e. The van der Waals surface area contributed by atoms with Gasteiger partial charge in [0.1, 0.15) is 6.17 Å². The fraction of sp³-hybridized carbons (Fsp3) is 0.800. The van der Waals surface area contributed by atoms with Crippen molar-refractivity contribution in [1.29, 1.82) is 0 Å². The van der Waals surface area contributed by atoms with E-state index in [1.165, 1.54) is 0 Å². The van der Waals surface area contributed by atoms with Gasteiger partial charge in [-0.2, -0.15) is 0 Å². The molecule has 0 radical (unpaired) electrons. The molecule has 1 rings (SSSR count). The molecule has 13 heavy (non-hydrogen) atoms. The third-order valence-corrected chi connectivity index (χ3v) is 2.65. The molecule has 3 nitrogen and oxygen atoms in total. The fourth-order valence-corrected chi connectivity index (χ4v) is 1.87. The van der Waals surface area contributed by atoms with Crippen LogP contribution in [0.15, 0.2) is 12.4 Å². The lowest BCUT2D eigenvalue weighted by Crippen LogP contribution is -2.47. The third-order valence-electron chi connectivity index (χ3n) is 2.65. The van der Waals surface area contributed by atoms with Gasteiger partial charge in [0.15, 0.2) is 0 Å². The highest BCUT2D eigenvalue weighted by Crippen LogP contribution is 2.18. The fourth-order valence-electron chi connectivity index (χ4n) is 1.87. The van der Waals surface area contributed by atoms with Crippen molar-refractivity contribution >= 4 is 0 Å². The molecule has 1 aliphatic rings. The Morgan fingerprint density at radius 2 is 1.77 bits per heavy atom. The van der Waals surface area contributed by atoms with Crippen LogP contribution in [0.3, 0.4) is 0 Å². The SMILES string of the molecule is CCC1N(C)C=CN1N(CC)CC. The molecule has 3 heteroatoms. The summed E-state index contributed by atoms with van der Waals surface area (Å²) in [6.07, 6.45) is 5.98. The topological polar surface area (TPSA) is 9.72 Å². The summed E-state index contributed by atoms with van der Waals surface area (Å²) in [5, 5.41) is 4.69. The van der Waals surface area contributed by atoms with Crippen molar-refractivity contribution in [2.45, 2.75) is 33.4 Å². The Labute approximate surface area is 81.6 Å². The van der Waals surface area contributed by atoms with Crippen molar-refractivity contribution < 1.29 is 0 Å². The monoisotopic (exact) mass is 183 g/mol. The van der Waals surface area contributed by atoms with E-state index in [4.69, 9.17) is 0 Å². The Bertz CT molecular complexity index is 175. The zero-order valence-electron chi connectivity index (χ0n) is 9.20. The molecule has 0 aliphatic carbocycles. The standard InChI is InChI=1S/C10H21N3/c1-5-10-11(4)8-9-13(10)12(6-2)7-3/h8-10H,5-7H2,1-4H3. The highest BCUT2D eigenvalue weighted by Gasteiger charge is 2.24. The minimum absolute atomic E-state index is 0.514. The van der Waals surface area contributed by atoms with Crippen LogP contribution < -0.4 is 0 Å². The van der Waals surface area contributed by atoms with Gasteiger partial charge >= 0.3 is 0 Å². The highest BCUT2D eigenvalue weighted by atomic mass is 15.7. The Hall–Kier alpha value is -0.700. The summed E-state index contributed by atoms with van der Waals surface area (Å²) < 4.78 is 0. The third kappa shape index (κ3) is 1.97. The molecule has 1 aliphatic heterocycles. The van der Waals surface area contributed by atoms with E-state index in [2.05, 4.69) is 55.1 Å². The number of hydrazine groups is 1. The summed E-state index contributed by atoms with van der Waals surface area (Å²) in [7, 11) is 2.13. The van der Waals surface area contributed by atoms with Crippen molar-refractivity contribution in [3.63, 3.8) is 0 Å². The summed E-state index contributed by atoms with van der Waals surface area (Å²) in [6, 6.07) is 0. The Morgan fingerprint density at radius 3 is 2.23 bits per heavy atom. The molecule has 0 amide bonds. The van der Waals surface area contributed by atoms with Gasteiger partial charge in [0.2, 0.25) is 0 Å². The Kier molecular flexibility index (Phi) is 3.60. The van der Waals surface area contributed by atoms with E-state index in [0.717, 1.165) is 19.5 Å². The predicted octanol–water partition coefficient (Wildman–Crippen LogP) is 1.70. The first-order valence-electron chi connectivity index (χ1n) is 5.18. The van der Waals surface area contributed by atoms with Gasteiger partial charge in [0, 0.05) is 32.5 Å². The number of hydrogen-bond acceptors (Lipinski definition) is 3. The van der Waals surface area contributed by atoms with E-state index in [9.17, 15) is 0 Å². The summed E-state index contributed by atoms with van der Waals surface area (Å²) in [6.45, 7) is 8.77. The first-order chi connectivity index (χ1) is 6.24. The van der Waals surface area contributed by atoms with Crippen LogP contribution in [0.2, 0.25) is 0 Å². The van der Waals surface area contributed by atoms with E-state index in [-0.39, 0.29) is 0 Å². The molecular weight excluding hydrogens is 162 g/mol. The average Bonchev–Trinajstić information content (AvgIpc) is 2.50. The van der Waals surface area contributed by atoms with E-state index in [1.54, 1.807) is 0 Å². The molecule has 0 fully saturated rings. The van der Waals surface area contributed by atoms with Crippen molar-refractivity contribution in [1.82, 2.24) is 14.9 Å². The predicted molar refractivity (Wildman–Crippen MR) is 55.7 cm³/mol. The number of hydrogen-bond donors (Lipinski definition) is 0. The lowest BCUT2D eigenvalue weighted by atomic mass is 10.3. The molecule has 1 unspecified atom stereocenters. The van der Waals surface area contributed by atoms with Crippen LogP contribution in [0.25, 0.3) is 0 Å². The summed E-state index contributed by atoms with van der Waals surface area (Å²) in [5.74, 6) is 0. The second-order valence-corrected chi connectivity index (χ2v) is 3.37. The molecule has 0 aromatic heterocycles. The average molecular weight is 183 g/mol. The Morgan fingerprint density at radius 1 is 1.15 bits per heavy atom. The molecule has 1 heterocycles. The molecule has 0 bridgehead atoms. The van der Waals surface area contributed by atoms with Crippen LogP contribution in [0.4, 0.5) is 0 Å². The van der Waals surface area contributed by atoms with Crippen LogP contribution in [-0.4, -0.2) is 41.2 Å². The Balaban J connectivity index is 2.63. The van der Waals surface area contributed by atoms with Crippen LogP contribution in [0, 0.1) is 0 Å². The van der Waals surface area contributed by atoms with Gasteiger partial charge in [-0.3, -0.25) is 5.01 Å². The van der Waals surface area contributed by atoms with Crippen LogP contribution >= 0.6 is 0 Å². The quantitative estimate of drug-likeness (QED) is 0.657. The van der Waals surface area contributed by atoms with Gasteiger partial charge in [0.25, 0.3) is 0 Å². The van der Waals surface area contributed by atoms with Crippen LogP contribution in [0.1, 0.15) is 27.2 Å². The van der Waals surface area contributed by atoms with Gasteiger partial charge in [0.05, 0.1) is 0 Å². The normalized spacial score (nSPS) is 22.1. The van der Waals surface area contributed by atoms with Crippen molar-refractivity contribution in [2.75, 3.05) is 20.1 Å². The second kappa shape index (κ2) is 4.51. The lowest BCUT2D eigenvalue weighted by Gasteiger charge is -2.37. The second-order valence-electron chi connectivity index (χ2n) is 3.37. The first-order valence-corrected chi connectivity index (χ1v) is 5.18. The molecule has 0 saturated heterocycles. The summed E-state index contributed by atoms with van der Waals surface area (Å²) in [5.41, 5.74) is 0. The molecule has 76 valence electrons. The maximum atomic E-state index is 2.36. The minimum atomic E-state index is 0.514. The summed E-state index contributed by atoms with van der Waals surface area (Å²) >= 11 is 0. The van der Waals surface area contributed by atoms with Gasteiger partial charge in [-0.25, -0.2) is 5.01 Å². The van der Waals surface area contributed by atoms with E-state index in [1.807, 2.05) is 0 Å². The van der Waals surface area contributed by atoms with Crippen molar-refractivity contribution in [3.8, 4) is 0 Å². The molecule has 0 saturated carbocycles. The zero-order valence-corrected chi connectivity index (χ0v) is 9.20. The van der Waals surface area contributed by atoms with Crippen molar-refractivity contribution in [3.05, 3.63) is 12.4 Å². The minimum Gasteiger partial charge on any atom is -0.358 e. The molecule has 1 atom stereocenters. The molecule has 0 aromatic rings. The van der Waals surface area contributed by atoms with Crippen LogP contribution in [0.5, 0.6) is 0 Å².